The summed E-state index contributed by atoms with van der Waals surface area (Å²) in [7, 11) is 0. The molecular formula is C17H12N2O2. The summed E-state index contributed by atoms with van der Waals surface area (Å²) < 4.78 is 0. The monoisotopic (exact) mass is 276 g/mol. The lowest BCUT2D eigenvalue weighted by Crippen LogP contribution is -2.30. The van der Waals surface area contributed by atoms with Crippen molar-refractivity contribution in [3.8, 4) is 0 Å². The summed E-state index contributed by atoms with van der Waals surface area (Å²) in [6.07, 6.45) is 1.85. The minimum absolute atomic E-state index is 0.256. The lowest BCUT2D eigenvalue weighted by Gasteiger charge is -2.17. The fourth-order valence-electron chi connectivity index (χ4n) is 2.92. The molecule has 1 N–H and O–H groups in total. The van der Waals surface area contributed by atoms with Gasteiger partial charge in [-0.1, -0.05) is 12.1 Å². The Kier molecular flexibility index (Phi) is 2.30. The topological polar surface area (TPSA) is 53.2 Å². The van der Waals surface area contributed by atoms with E-state index in [1.54, 1.807) is 24.3 Å². The van der Waals surface area contributed by atoms with Crippen molar-refractivity contribution in [2.75, 3.05) is 4.90 Å². The number of fused-ring (bicyclic) bond motifs is 2. The Hall–Kier alpha value is -2.88. The van der Waals surface area contributed by atoms with Gasteiger partial charge in [0.15, 0.2) is 0 Å². The number of imide groups is 1. The molecule has 4 heteroatoms. The van der Waals surface area contributed by atoms with Crippen LogP contribution in [0.3, 0.4) is 0 Å². The first-order valence-electron chi connectivity index (χ1n) is 6.73. The predicted octanol–water partition coefficient (Wildman–Crippen LogP) is 3.28. The summed E-state index contributed by atoms with van der Waals surface area (Å²) in [6.45, 7) is 1.93. The number of aromatic nitrogens is 1. The minimum atomic E-state index is -0.256. The van der Waals surface area contributed by atoms with Gasteiger partial charge in [0.2, 0.25) is 0 Å². The summed E-state index contributed by atoms with van der Waals surface area (Å²) in [4.78, 5) is 29.5. The molecule has 2 amide bonds. The Morgan fingerprint density at radius 2 is 1.57 bits per heavy atom. The van der Waals surface area contributed by atoms with E-state index >= 15 is 0 Å². The first-order valence-corrected chi connectivity index (χ1v) is 6.73. The molecule has 0 spiro atoms. The number of anilines is 1. The summed E-state index contributed by atoms with van der Waals surface area (Å²) in [5, 5.41) is 1.02. The van der Waals surface area contributed by atoms with Crippen molar-refractivity contribution >= 4 is 28.4 Å². The third-order valence-corrected chi connectivity index (χ3v) is 4.01. The molecule has 1 aliphatic heterocycles. The highest BCUT2D eigenvalue weighted by atomic mass is 16.2. The number of hydrogen-bond donors (Lipinski definition) is 1. The predicted molar refractivity (Wildman–Crippen MR) is 80.6 cm³/mol. The standard InChI is InChI=1S/C17H12N2O2/c1-10-11-8-9-18-14(11)6-7-15(10)19-16(20)12-4-2-3-5-13(12)17(19)21/h2-9,18H,1H3. The third kappa shape index (κ3) is 1.50. The Morgan fingerprint density at radius 1 is 0.905 bits per heavy atom. The number of hydrogen-bond acceptors (Lipinski definition) is 2. The number of aromatic amines is 1. The molecule has 0 unspecified atom stereocenters. The number of nitrogens with one attached hydrogen (secondary N) is 1. The lowest BCUT2D eigenvalue weighted by atomic mass is 10.1. The average molecular weight is 276 g/mol. The first-order chi connectivity index (χ1) is 10.2. The molecule has 4 rings (SSSR count). The number of H-pyrrole nitrogens is 1. The van der Waals surface area contributed by atoms with Crippen LogP contribution in [0.15, 0.2) is 48.7 Å². The molecule has 0 atom stereocenters. The van der Waals surface area contributed by atoms with Gasteiger partial charge in [-0.15, -0.1) is 0 Å². The SMILES string of the molecule is Cc1c(N2C(=O)c3ccccc3C2=O)ccc2[nH]ccc12. The fourth-order valence-corrected chi connectivity index (χ4v) is 2.92. The molecule has 0 aliphatic carbocycles. The number of benzene rings is 2. The van der Waals surface area contributed by atoms with E-state index in [1.165, 1.54) is 4.90 Å². The average Bonchev–Trinajstić information content (AvgIpc) is 3.06. The number of nitrogens with zero attached hydrogens (tertiary/aromatic N) is 1. The van der Waals surface area contributed by atoms with Crippen molar-refractivity contribution in [1.29, 1.82) is 0 Å². The summed E-state index contributed by atoms with van der Waals surface area (Å²) >= 11 is 0. The number of aryl methyl sites for hydroxylation is 1. The molecule has 0 bridgehead atoms. The van der Waals surface area contributed by atoms with Crippen molar-refractivity contribution < 1.29 is 9.59 Å². The summed E-state index contributed by atoms with van der Waals surface area (Å²) in [5.74, 6) is -0.512. The van der Waals surface area contributed by atoms with Crippen LogP contribution >= 0.6 is 0 Å². The Balaban J connectivity index is 1.92. The molecule has 3 aromatic rings. The number of rotatable bonds is 1. The van der Waals surface area contributed by atoms with E-state index in [4.69, 9.17) is 0 Å². The zero-order chi connectivity index (χ0) is 14.6. The van der Waals surface area contributed by atoms with E-state index < -0.39 is 0 Å². The minimum Gasteiger partial charge on any atom is -0.361 e. The van der Waals surface area contributed by atoms with Crippen molar-refractivity contribution in [1.82, 2.24) is 4.98 Å². The van der Waals surface area contributed by atoms with Crippen LogP contribution < -0.4 is 4.90 Å². The molecule has 1 aromatic heterocycles. The van der Waals surface area contributed by atoms with Crippen molar-refractivity contribution in [3.05, 3.63) is 65.4 Å². The van der Waals surface area contributed by atoms with Crippen LogP contribution in [0.5, 0.6) is 0 Å². The molecule has 0 radical (unpaired) electrons. The largest absolute Gasteiger partial charge is 0.361 e. The van der Waals surface area contributed by atoms with Gasteiger partial charge in [-0.05, 0) is 42.8 Å². The molecule has 4 nitrogen and oxygen atoms in total. The Morgan fingerprint density at radius 3 is 2.24 bits per heavy atom. The fraction of sp³-hybridized carbons (Fsp3) is 0.0588. The zero-order valence-electron chi connectivity index (χ0n) is 11.4. The van der Waals surface area contributed by atoms with E-state index in [-0.39, 0.29) is 11.8 Å². The number of carbonyl (C=O) groups is 2. The highest BCUT2D eigenvalue weighted by molar-refractivity contribution is 6.34. The van der Waals surface area contributed by atoms with E-state index in [2.05, 4.69) is 4.98 Å². The van der Waals surface area contributed by atoms with E-state index in [0.29, 0.717) is 16.8 Å². The lowest BCUT2D eigenvalue weighted by molar-refractivity contribution is 0.0926. The van der Waals surface area contributed by atoms with Gasteiger partial charge in [0, 0.05) is 17.1 Å². The Labute approximate surface area is 121 Å². The molecule has 0 fully saturated rings. The zero-order valence-corrected chi connectivity index (χ0v) is 11.4. The highest BCUT2D eigenvalue weighted by Gasteiger charge is 2.37. The van der Waals surface area contributed by atoms with Gasteiger partial charge < -0.3 is 4.98 Å². The molecule has 1 aliphatic rings. The molecular weight excluding hydrogens is 264 g/mol. The maximum atomic E-state index is 12.5. The second-order valence-corrected chi connectivity index (χ2v) is 5.14. The van der Waals surface area contributed by atoms with Gasteiger partial charge >= 0.3 is 0 Å². The first kappa shape index (κ1) is 11.9. The molecule has 0 saturated heterocycles. The second-order valence-electron chi connectivity index (χ2n) is 5.14. The van der Waals surface area contributed by atoms with Crippen molar-refractivity contribution in [2.24, 2.45) is 0 Å². The van der Waals surface area contributed by atoms with Gasteiger partial charge in [-0.2, -0.15) is 0 Å². The maximum Gasteiger partial charge on any atom is 0.266 e. The van der Waals surface area contributed by atoms with Crippen LogP contribution in [-0.2, 0) is 0 Å². The second kappa shape index (κ2) is 4.06. The smallest absolute Gasteiger partial charge is 0.266 e. The Bertz CT molecular complexity index is 873. The molecule has 2 aromatic carbocycles. The van der Waals surface area contributed by atoms with Crippen LogP contribution in [0.25, 0.3) is 10.9 Å². The maximum absolute atomic E-state index is 12.5. The highest BCUT2D eigenvalue weighted by Crippen LogP contribution is 2.33. The number of carbonyl (C=O) groups excluding carboxylic acids is 2. The van der Waals surface area contributed by atoms with Crippen LogP contribution in [0.2, 0.25) is 0 Å². The van der Waals surface area contributed by atoms with E-state index in [0.717, 1.165) is 16.5 Å². The van der Waals surface area contributed by atoms with Gasteiger partial charge in [-0.3, -0.25) is 9.59 Å². The molecule has 102 valence electrons. The van der Waals surface area contributed by atoms with Crippen molar-refractivity contribution in [2.45, 2.75) is 6.92 Å². The van der Waals surface area contributed by atoms with Gasteiger partial charge in [0.1, 0.15) is 0 Å². The van der Waals surface area contributed by atoms with Gasteiger partial charge in [0.05, 0.1) is 16.8 Å². The molecule has 2 heterocycles. The summed E-state index contributed by atoms with van der Waals surface area (Å²) in [6, 6.07) is 12.6. The quantitative estimate of drug-likeness (QED) is 0.693. The molecule has 0 saturated carbocycles. The molecule has 21 heavy (non-hydrogen) atoms. The van der Waals surface area contributed by atoms with E-state index in [1.807, 2.05) is 31.3 Å². The summed E-state index contributed by atoms with van der Waals surface area (Å²) in [5.41, 5.74) is 3.50. The normalized spacial score (nSPS) is 14.0. The van der Waals surface area contributed by atoms with Crippen LogP contribution in [0, 0.1) is 6.92 Å². The van der Waals surface area contributed by atoms with E-state index in [9.17, 15) is 9.59 Å². The van der Waals surface area contributed by atoms with Crippen LogP contribution in [0.4, 0.5) is 5.69 Å². The van der Waals surface area contributed by atoms with Crippen LogP contribution in [-0.4, -0.2) is 16.8 Å². The third-order valence-electron chi connectivity index (χ3n) is 4.01. The van der Waals surface area contributed by atoms with Crippen molar-refractivity contribution in [3.63, 3.8) is 0 Å². The number of amides is 2. The van der Waals surface area contributed by atoms with Crippen LogP contribution in [0.1, 0.15) is 26.3 Å². The van der Waals surface area contributed by atoms with Gasteiger partial charge in [0.25, 0.3) is 11.8 Å². The van der Waals surface area contributed by atoms with Gasteiger partial charge in [-0.25, -0.2) is 4.90 Å².